The Kier molecular flexibility index (Phi) is 28.9. The molecule has 0 aromatic rings. The van der Waals surface area contributed by atoms with Crippen LogP contribution in [0.2, 0.25) is 0 Å². The maximum Gasteiger partial charge on any atom is 3.00 e. The maximum atomic E-state index is 10.9. The van der Waals surface area contributed by atoms with E-state index in [4.69, 9.17) is 0 Å². The maximum absolute atomic E-state index is 10.9. The van der Waals surface area contributed by atoms with Crippen molar-refractivity contribution >= 4 is 17.9 Å². The van der Waals surface area contributed by atoms with Crippen molar-refractivity contribution in [1.29, 1.82) is 0 Å². The van der Waals surface area contributed by atoms with Crippen LogP contribution in [0.1, 0.15) is 159 Å². The van der Waals surface area contributed by atoms with E-state index in [9.17, 15) is 29.7 Å². The Morgan fingerprint density at radius 1 is 0.432 bits per heavy atom. The summed E-state index contributed by atoms with van der Waals surface area (Å²) in [5.41, 5.74) is -1.68. The minimum Gasteiger partial charge on any atom is -0.550 e. The van der Waals surface area contributed by atoms with Crippen LogP contribution in [0.25, 0.3) is 0 Å². The van der Waals surface area contributed by atoms with Crippen molar-refractivity contribution in [2.45, 2.75) is 159 Å². The molecule has 0 atom stereocenters. The fourth-order valence-corrected chi connectivity index (χ4v) is 4.53. The molecule has 0 aromatic carbocycles. The van der Waals surface area contributed by atoms with Gasteiger partial charge >= 0.3 is 32.7 Å². The number of rotatable bonds is 18. The third-order valence-corrected chi connectivity index (χ3v) is 8.39. The van der Waals surface area contributed by atoms with Gasteiger partial charge in [0.2, 0.25) is 0 Å². The zero-order valence-electron chi connectivity index (χ0n) is 25.6. The molecule has 0 amide bonds. The van der Waals surface area contributed by atoms with Gasteiger partial charge in [-0.3, -0.25) is 0 Å². The predicted molar refractivity (Wildman–Crippen MR) is 143 cm³/mol. The van der Waals surface area contributed by atoms with Crippen LogP contribution in [-0.2, 0) is 47.1 Å². The van der Waals surface area contributed by atoms with Crippen LogP contribution in [-0.4, -0.2) is 17.9 Å². The molecule has 7 heteroatoms. The van der Waals surface area contributed by atoms with Crippen molar-refractivity contribution in [2.75, 3.05) is 0 Å². The summed E-state index contributed by atoms with van der Waals surface area (Å²) >= 11 is 0. The molecular weight excluding hydrogens is 545 g/mol. The summed E-state index contributed by atoms with van der Waals surface area (Å²) in [6.45, 7) is 17.8. The minimum absolute atomic E-state index is 0. The normalized spacial score (nSPS) is 11.3. The van der Waals surface area contributed by atoms with E-state index in [-0.39, 0.29) is 32.7 Å². The van der Waals surface area contributed by atoms with Crippen molar-refractivity contribution in [2.24, 2.45) is 16.2 Å². The van der Waals surface area contributed by atoms with E-state index in [1.54, 1.807) is 0 Å². The zero-order chi connectivity index (χ0) is 28.8. The molecule has 216 valence electrons. The van der Waals surface area contributed by atoms with Gasteiger partial charge in [-0.25, -0.2) is 0 Å². The van der Waals surface area contributed by atoms with Gasteiger partial charge in [0.05, 0.1) is 0 Å². The molecule has 0 aliphatic carbocycles. The number of carboxylic acids is 3. The second-order valence-corrected chi connectivity index (χ2v) is 10.1. The first kappa shape index (κ1) is 43.6. The first-order valence-corrected chi connectivity index (χ1v) is 14.5. The van der Waals surface area contributed by atoms with Crippen LogP contribution in [0.5, 0.6) is 0 Å². The number of hydrogen-bond donors (Lipinski definition) is 0. The van der Waals surface area contributed by atoms with E-state index in [1.807, 2.05) is 41.5 Å². The molecule has 0 aliphatic heterocycles. The van der Waals surface area contributed by atoms with Gasteiger partial charge in [-0.15, -0.1) is 0 Å². The Morgan fingerprint density at radius 2 is 0.595 bits per heavy atom. The van der Waals surface area contributed by atoms with Gasteiger partial charge in [-0.2, -0.15) is 0 Å². The molecule has 0 radical (unpaired) electrons. The minimum atomic E-state index is -0.874. The van der Waals surface area contributed by atoms with Crippen LogP contribution < -0.4 is 15.3 Å². The van der Waals surface area contributed by atoms with Crippen LogP contribution in [0.3, 0.4) is 0 Å². The smallest absolute Gasteiger partial charge is 0.550 e. The first-order chi connectivity index (χ1) is 16.9. The average molecular weight is 603 g/mol. The largest absolute Gasteiger partial charge is 3.00 e. The first-order valence-electron chi connectivity index (χ1n) is 14.5. The van der Waals surface area contributed by atoms with Crippen LogP contribution >= 0.6 is 0 Å². The topological polar surface area (TPSA) is 120 Å². The van der Waals surface area contributed by atoms with Gasteiger partial charge in [0.15, 0.2) is 0 Å². The third kappa shape index (κ3) is 15.6. The van der Waals surface area contributed by atoms with E-state index >= 15 is 0 Å². The third-order valence-electron chi connectivity index (χ3n) is 8.39. The SMILES string of the molecule is CCCCC(CC)(CC)C(=O)[O-].CCCCC(CC)(CC)C(=O)[O-].CCCCC(CC)(CC)C(=O)[O-].[Y+3]. The molecule has 6 nitrogen and oxygen atoms in total. The second kappa shape index (κ2) is 24.5. The van der Waals surface area contributed by atoms with Crippen LogP contribution in [0.4, 0.5) is 0 Å². The van der Waals surface area contributed by atoms with Gasteiger partial charge < -0.3 is 29.7 Å². The molecular formula is C30H57O6Y. The molecule has 0 spiro atoms. The van der Waals surface area contributed by atoms with E-state index in [2.05, 4.69) is 20.8 Å². The summed E-state index contributed by atoms with van der Waals surface area (Å²) in [4.78, 5) is 32.6. The molecule has 0 fully saturated rings. The second-order valence-electron chi connectivity index (χ2n) is 10.1. The number of carbonyl (C=O) groups is 3. The number of aliphatic carboxylic acids is 3. The standard InChI is InChI=1S/3C10H20O2.Y/c3*1-4-7-8-10(5-2,6-3)9(11)12;/h3*4-8H2,1-3H3,(H,11,12);/q;;;+3/p-3. The van der Waals surface area contributed by atoms with Crippen molar-refractivity contribution in [3.63, 3.8) is 0 Å². The summed E-state index contributed by atoms with van der Waals surface area (Å²) in [5, 5.41) is 32.6. The van der Waals surface area contributed by atoms with E-state index in [0.29, 0.717) is 38.5 Å². The molecule has 0 aromatic heterocycles. The molecule has 0 rings (SSSR count). The molecule has 0 saturated carbocycles. The molecule has 0 unspecified atom stereocenters. The summed E-state index contributed by atoms with van der Waals surface area (Å²) in [6, 6.07) is 0. The Morgan fingerprint density at radius 3 is 0.676 bits per heavy atom. The van der Waals surface area contributed by atoms with Crippen molar-refractivity contribution in [3.8, 4) is 0 Å². The van der Waals surface area contributed by atoms with Gasteiger partial charge in [-0.1, -0.05) is 101 Å². The van der Waals surface area contributed by atoms with Gasteiger partial charge in [0.25, 0.3) is 0 Å². The summed E-state index contributed by atoms with van der Waals surface area (Å²) in [6.07, 6.45) is 12.5. The molecule has 0 aliphatic rings. The van der Waals surface area contributed by atoms with Crippen molar-refractivity contribution in [3.05, 3.63) is 0 Å². The Balaban J connectivity index is -0.000000218. The monoisotopic (exact) mass is 602 g/mol. The molecule has 0 saturated heterocycles. The van der Waals surface area contributed by atoms with E-state index in [1.165, 1.54) is 0 Å². The van der Waals surface area contributed by atoms with E-state index in [0.717, 1.165) is 57.8 Å². The number of hydrogen-bond acceptors (Lipinski definition) is 6. The predicted octanol–water partition coefficient (Wildman–Crippen LogP) is 5.20. The summed E-state index contributed by atoms with van der Waals surface area (Å²) in [5.74, 6) is -2.62. The number of carboxylic acid groups (broad SMARTS) is 3. The molecule has 0 bridgehead atoms. The molecule has 0 heterocycles. The molecule has 0 N–H and O–H groups in total. The van der Waals surface area contributed by atoms with Crippen LogP contribution in [0.15, 0.2) is 0 Å². The van der Waals surface area contributed by atoms with Crippen molar-refractivity contribution in [1.82, 2.24) is 0 Å². The fraction of sp³-hybridized carbons (Fsp3) is 0.900. The number of carbonyl (C=O) groups excluding carboxylic acids is 3. The average Bonchev–Trinajstić information content (AvgIpc) is 2.87. The Hall–Kier alpha value is -0.486. The Labute approximate surface area is 254 Å². The van der Waals surface area contributed by atoms with Crippen LogP contribution in [0, 0.1) is 16.2 Å². The molecule has 37 heavy (non-hydrogen) atoms. The Bertz CT molecular complexity index is 498. The summed E-state index contributed by atoms with van der Waals surface area (Å²) < 4.78 is 0. The van der Waals surface area contributed by atoms with Gasteiger partial charge in [-0.05, 0) is 57.8 Å². The van der Waals surface area contributed by atoms with Gasteiger partial charge in [0, 0.05) is 34.2 Å². The summed E-state index contributed by atoms with van der Waals surface area (Å²) in [7, 11) is 0. The van der Waals surface area contributed by atoms with Crippen molar-refractivity contribution < 1.29 is 62.4 Å². The fourth-order valence-electron chi connectivity index (χ4n) is 4.53. The quantitative estimate of drug-likeness (QED) is 0.213. The number of unbranched alkanes of at least 4 members (excludes halogenated alkanes) is 3. The zero-order valence-corrected chi connectivity index (χ0v) is 28.5. The van der Waals surface area contributed by atoms with Gasteiger partial charge in [0.1, 0.15) is 0 Å². The van der Waals surface area contributed by atoms with E-state index < -0.39 is 34.2 Å².